The summed E-state index contributed by atoms with van der Waals surface area (Å²) in [7, 11) is -3.40. The van der Waals surface area contributed by atoms with Crippen molar-refractivity contribution in [1.82, 2.24) is 4.31 Å². The highest BCUT2D eigenvalue weighted by Crippen LogP contribution is 2.24. The lowest BCUT2D eigenvalue weighted by atomic mass is 10.2. The molecule has 1 atom stereocenters. The van der Waals surface area contributed by atoms with Crippen molar-refractivity contribution in [3.8, 4) is 0 Å². The minimum absolute atomic E-state index is 0.00716. The SMILES string of the molecule is CCS(=O)(=O)N1Cc2ccccc2NC(=O)C1C. The third-order valence-corrected chi connectivity index (χ3v) is 5.02. The predicted octanol–water partition coefficient (Wildman–Crippen LogP) is 1.18. The van der Waals surface area contributed by atoms with E-state index >= 15 is 0 Å². The molecule has 1 amide bonds. The monoisotopic (exact) mass is 268 g/mol. The number of para-hydroxylation sites is 1. The highest BCUT2D eigenvalue weighted by Gasteiger charge is 2.33. The fourth-order valence-corrected chi connectivity index (χ4v) is 3.20. The van der Waals surface area contributed by atoms with Gasteiger partial charge in [0.15, 0.2) is 0 Å². The largest absolute Gasteiger partial charge is 0.324 e. The van der Waals surface area contributed by atoms with Crippen LogP contribution < -0.4 is 5.32 Å². The van der Waals surface area contributed by atoms with E-state index in [0.29, 0.717) is 5.69 Å². The lowest BCUT2D eigenvalue weighted by Crippen LogP contribution is -2.43. The molecule has 1 aliphatic heterocycles. The second kappa shape index (κ2) is 4.70. The van der Waals surface area contributed by atoms with E-state index in [9.17, 15) is 13.2 Å². The van der Waals surface area contributed by atoms with Crippen LogP contribution in [0.4, 0.5) is 5.69 Å². The molecule has 0 fully saturated rings. The molecule has 0 spiro atoms. The van der Waals surface area contributed by atoms with Crippen molar-refractivity contribution in [2.45, 2.75) is 26.4 Å². The number of carbonyl (C=O) groups excluding carboxylic acids is 1. The Morgan fingerprint density at radius 1 is 1.39 bits per heavy atom. The lowest BCUT2D eigenvalue weighted by Gasteiger charge is -2.24. The summed E-state index contributed by atoms with van der Waals surface area (Å²) in [6.45, 7) is 3.41. The van der Waals surface area contributed by atoms with Crippen LogP contribution in [-0.2, 0) is 21.4 Å². The van der Waals surface area contributed by atoms with Crippen LogP contribution in [0.2, 0.25) is 0 Å². The van der Waals surface area contributed by atoms with E-state index in [1.165, 1.54) is 4.31 Å². The van der Waals surface area contributed by atoms with Crippen LogP contribution in [0.25, 0.3) is 0 Å². The zero-order chi connectivity index (χ0) is 13.3. The van der Waals surface area contributed by atoms with Gasteiger partial charge in [0.05, 0.1) is 5.75 Å². The van der Waals surface area contributed by atoms with E-state index in [-0.39, 0.29) is 18.2 Å². The molecule has 1 aliphatic rings. The summed E-state index contributed by atoms with van der Waals surface area (Å²) >= 11 is 0. The van der Waals surface area contributed by atoms with Crippen molar-refractivity contribution in [2.24, 2.45) is 0 Å². The number of nitrogens with one attached hydrogen (secondary N) is 1. The molecule has 0 saturated carbocycles. The van der Waals surface area contributed by atoms with Crippen molar-refractivity contribution >= 4 is 21.6 Å². The number of nitrogens with zero attached hydrogens (tertiary/aromatic N) is 1. The minimum atomic E-state index is -3.40. The summed E-state index contributed by atoms with van der Waals surface area (Å²) in [4.78, 5) is 11.9. The van der Waals surface area contributed by atoms with E-state index < -0.39 is 16.1 Å². The minimum Gasteiger partial charge on any atom is -0.324 e. The van der Waals surface area contributed by atoms with Gasteiger partial charge in [-0.15, -0.1) is 0 Å². The first kappa shape index (κ1) is 13.0. The van der Waals surface area contributed by atoms with Gasteiger partial charge in [-0.3, -0.25) is 4.79 Å². The molecule has 1 unspecified atom stereocenters. The van der Waals surface area contributed by atoms with Crippen LogP contribution in [-0.4, -0.2) is 30.4 Å². The van der Waals surface area contributed by atoms with Gasteiger partial charge in [-0.25, -0.2) is 8.42 Å². The maximum Gasteiger partial charge on any atom is 0.242 e. The first-order valence-corrected chi connectivity index (χ1v) is 7.45. The van der Waals surface area contributed by atoms with Gasteiger partial charge in [0.1, 0.15) is 6.04 Å². The van der Waals surface area contributed by atoms with Crippen LogP contribution >= 0.6 is 0 Å². The molecule has 1 heterocycles. The highest BCUT2D eigenvalue weighted by molar-refractivity contribution is 7.89. The molecule has 0 bridgehead atoms. The summed E-state index contributed by atoms with van der Waals surface area (Å²) in [6, 6.07) is 6.56. The Balaban J connectivity index is 2.48. The van der Waals surface area contributed by atoms with Crippen molar-refractivity contribution in [3.05, 3.63) is 29.8 Å². The highest BCUT2D eigenvalue weighted by atomic mass is 32.2. The maximum atomic E-state index is 12.0. The van der Waals surface area contributed by atoms with Gasteiger partial charge >= 0.3 is 0 Å². The van der Waals surface area contributed by atoms with E-state index in [4.69, 9.17) is 0 Å². The molecular formula is C12H16N2O3S. The number of hydrogen-bond donors (Lipinski definition) is 1. The van der Waals surface area contributed by atoms with Crippen LogP contribution in [0.5, 0.6) is 0 Å². The Kier molecular flexibility index (Phi) is 3.41. The third kappa shape index (κ3) is 2.26. The number of sulfonamides is 1. The molecule has 1 aromatic rings. The standard InChI is InChI=1S/C12H16N2O3S/c1-3-18(16,17)14-8-10-6-4-5-7-11(10)13-12(15)9(14)2/h4-7,9H,3,8H2,1-2H3,(H,13,15). The zero-order valence-corrected chi connectivity index (χ0v) is 11.2. The van der Waals surface area contributed by atoms with Gasteiger partial charge in [0.2, 0.25) is 15.9 Å². The molecule has 0 saturated heterocycles. The molecule has 1 aromatic carbocycles. The fourth-order valence-electron chi connectivity index (χ4n) is 1.96. The first-order valence-electron chi connectivity index (χ1n) is 5.84. The summed E-state index contributed by atoms with van der Waals surface area (Å²) < 4.78 is 25.3. The Hall–Kier alpha value is -1.40. The average Bonchev–Trinajstić information content (AvgIpc) is 2.48. The quantitative estimate of drug-likeness (QED) is 0.876. The van der Waals surface area contributed by atoms with Gasteiger partial charge in [0, 0.05) is 12.2 Å². The van der Waals surface area contributed by atoms with Gasteiger partial charge < -0.3 is 5.32 Å². The zero-order valence-electron chi connectivity index (χ0n) is 10.4. The average molecular weight is 268 g/mol. The Morgan fingerprint density at radius 2 is 2.06 bits per heavy atom. The molecule has 0 radical (unpaired) electrons. The number of hydrogen-bond acceptors (Lipinski definition) is 3. The number of rotatable bonds is 2. The second-order valence-electron chi connectivity index (χ2n) is 4.27. The van der Waals surface area contributed by atoms with Gasteiger partial charge in [0.25, 0.3) is 0 Å². The molecular weight excluding hydrogens is 252 g/mol. The molecule has 18 heavy (non-hydrogen) atoms. The number of fused-ring (bicyclic) bond motifs is 1. The molecule has 2 rings (SSSR count). The Morgan fingerprint density at radius 3 is 2.72 bits per heavy atom. The van der Waals surface area contributed by atoms with E-state index in [0.717, 1.165) is 5.56 Å². The first-order chi connectivity index (χ1) is 8.45. The third-order valence-electron chi connectivity index (χ3n) is 3.13. The van der Waals surface area contributed by atoms with Crippen molar-refractivity contribution in [3.63, 3.8) is 0 Å². The van der Waals surface area contributed by atoms with Crippen LogP contribution in [0.1, 0.15) is 19.4 Å². The molecule has 1 N–H and O–H groups in total. The summed E-state index contributed by atoms with van der Waals surface area (Å²) in [5.41, 5.74) is 1.50. The van der Waals surface area contributed by atoms with Crippen LogP contribution in [0, 0.1) is 0 Å². The summed E-state index contributed by atoms with van der Waals surface area (Å²) in [6.07, 6.45) is 0. The van der Waals surface area contributed by atoms with Gasteiger partial charge in [-0.05, 0) is 25.5 Å². The van der Waals surface area contributed by atoms with E-state index in [1.807, 2.05) is 18.2 Å². The fraction of sp³-hybridized carbons (Fsp3) is 0.417. The van der Waals surface area contributed by atoms with Crippen molar-refractivity contribution in [1.29, 1.82) is 0 Å². The summed E-state index contributed by atoms with van der Waals surface area (Å²) in [5, 5.41) is 2.75. The second-order valence-corrected chi connectivity index (χ2v) is 6.48. The normalized spacial score (nSPS) is 21.0. The van der Waals surface area contributed by atoms with E-state index in [1.54, 1.807) is 19.9 Å². The van der Waals surface area contributed by atoms with Crippen LogP contribution in [0.3, 0.4) is 0 Å². The number of amides is 1. The van der Waals surface area contributed by atoms with Gasteiger partial charge in [-0.2, -0.15) is 4.31 Å². The molecule has 0 aromatic heterocycles. The molecule has 6 heteroatoms. The van der Waals surface area contributed by atoms with Crippen molar-refractivity contribution in [2.75, 3.05) is 11.1 Å². The predicted molar refractivity (Wildman–Crippen MR) is 69.5 cm³/mol. The number of benzene rings is 1. The topological polar surface area (TPSA) is 66.5 Å². The van der Waals surface area contributed by atoms with Gasteiger partial charge in [-0.1, -0.05) is 18.2 Å². The van der Waals surface area contributed by atoms with E-state index in [2.05, 4.69) is 5.32 Å². The number of anilines is 1. The maximum absolute atomic E-state index is 12.0. The van der Waals surface area contributed by atoms with Crippen molar-refractivity contribution < 1.29 is 13.2 Å². The molecule has 0 aliphatic carbocycles. The smallest absolute Gasteiger partial charge is 0.242 e. The lowest BCUT2D eigenvalue weighted by molar-refractivity contribution is -0.119. The molecule has 98 valence electrons. The summed E-state index contributed by atoms with van der Waals surface area (Å²) in [5.74, 6) is -0.302. The molecule has 5 nitrogen and oxygen atoms in total. The Labute approximate surface area is 107 Å². The Bertz CT molecular complexity index is 568. The van der Waals surface area contributed by atoms with Crippen LogP contribution in [0.15, 0.2) is 24.3 Å². The number of carbonyl (C=O) groups is 1.